The maximum Gasteiger partial charge on any atom is 0.191 e. The number of nitrogens with zero attached hydrogens (tertiary/aromatic N) is 2. The molecule has 0 spiro atoms. The number of halogens is 1. The molecule has 0 unspecified atom stereocenters. The maximum absolute atomic E-state index is 4.54. The third-order valence-corrected chi connectivity index (χ3v) is 4.10. The summed E-state index contributed by atoms with van der Waals surface area (Å²) in [6, 6.07) is 0. The molecule has 0 amide bonds. The van der Waals surface area contributed by atoms with E-state index in [1.54, 1.807) is 11.3 Å². The summed E-state index contributed by atoms with van der Waals surface area (Å²) in [5.74, 6) is 1.66. The highest BCUT2D eigenvalue weighted by atomic mass is 127. The Hall–Kier alpha value is -0.370. The van der Waals surface area contributed by atoms with Crippen LogP contribution in [0.25, 0.3) is 0 Å². The minimum Gasteiger partial charge on any atom is -0.356 e. The summed E-state index contributed by atoms with van der Waals surface area (Å²) in [6.45, 7) is 8.39. The van der Waals surface area contributed by atoms with Crippen LogP contribution in [-0.4, -0.2) is 24.5 Å². The van der Waals surface area contributed by atoms with E-state index >= 15 is 0 Å². The van der Waals surface area contributed by atoms with Gasteiger partial charge in [0.2, 0.25) is 0 Å². The molecule has 1 aromatic rings. The molecule has 6 heteroatoms. The number of thiazole rings is 1. The number of aliphatic imine (C=N–C) groups is 1. The van der Waals surface area contributed by atoms with Crippen molar-refractivity contribution in [1.82, 2.24) is 15.6 Å². The van der Waals surface area contributed by atoms with Crippen molar-refractivity contribution in [1.29, 1.82) is 0 Å². The fourth-order valence-electron chi connectivity index (χ4n) is 1.87. The van der Waals surface area contributed by atoms with Gasteiger partial charge in [-0.15, -0.1) is 35.3 Å². The third kappa shape index (κ3) is 9.29. The molecule has 0 bridgehead atoms. The van der Waals surface area contributed by atoms with Crippen LogP contribution in [0.3, 0.4) is 0 Å². The largest absolute Gasteiger partial charge is 0.356 e. The van der Waals surface area contributed by atoms with Gasteiger partial charge in [-0.25, -0.2) is 4.98 Å². The number of nitrogens with one attached hydrogen (secondary N) is 2. The molecule has 1 rings (SSSR count). The predicted octanol–water partition coefficient (Wildman–Crippen LogP) is 3.81. The SMILES string of the molecule is CCc1nc(CNC(=NC)NCCCCC(C)C)cs1.I. The van der Waals surface area contributed by atoms with E-state index in [1.807, 2.05) is 7.05 Å². The van der Waals surface area contributed by atoms with Crippen molar-refractivity contribution in [2.75, 3.05) is 13.6 Å². The fraction of sp³-hybridized carbons (Fsp3) is 0.733. The molecule has 21 heavy (non-hydrogen) atoms. The number of guanidine groups is 1. The molecule has 0 radical (unpaired) electrons. The summed E-state index contributed by atoms with van der Waals surface area (Å²) in [7, 11) is 1.81. The van der Waals surface area contributed by atoms with Crippen LogP contribution in [0.1, 0.15) is 50.7 Å². The lowest BCUT2D eigenvalue weighted by Crippen LogP contribution is -2.37. The molecular weight excluding hydrogens is 395 g/mol. The van der Waals surface area contributed by atoms with Crippen molar-refractivity contribution >= 4 is 41.3 Å². The van der Waals surface area contributed by atoms with Crippen LogP contribution in [0, 0.1) is 5.92 Å². The summed E-state index contributed by atoms with van der Waals surface area (Å²) in [5, 5.41) is 9.96. The molecule has 0 fully saturated rings. The zero-order chi connectivity index (χ0) is 14.8. The van der Waals surface area contributed by atoms with E-state index in [9.17, 15) is 0 Å². The van der Waals surface area contributed by atoms with Crippen LogP contribution in [0.4, 0.5) is 0 Å². The number of unbranched alkanes of at least 4 members (excludes halogenated alkanes) is 1. The van der Waals surface area contributed by atoms with Gasteiger partial charge >= 0.3 is 0 Å². The van der Waals surface area contributed by atoms with Gasteiger partial charge in [0.25, 0.3) is 0 Å². The van der Waals surface area contributed by atoms with Crippen LogP contribution in [0.5, 0.6) is 0 Å². The standard InChI is InChI=1S/C15H28N4S.HI/c1-5-14-19-13(11-20-14)10-18-15(16-4)17-9-7-6-8-12(2)3;/h11-12H,5-10H2,1-4H3,(H2,16,17,18);1H. The highest BCUT2D eigenvalue weighted by Crippen LogP contribution is 2.09. The van der Waals surface area contributed by atoms with E-state index in [-0.39, 0.29) is 24.0 Å². The van der Waals surface area contributed by atoms with Crippen LogP contribution in [-0.2, 0) is 13.0 Å². The van der Waals surface area contributed by atoms with Gasteiger partial charge in [-0.2, -0.15) is 0 Å². The topological polar surface area (TPSA) is 49.3 Å². The van der Waals surface area contributed by atoms with Crippen molar-refractivity contribution in [3.05, 3.63) is 16.1 Å². The maximum atomic E-state index is 4.54. The van der Waals surface area contributed by atoms with Gasteiger partial charge < -0.3 is 10.6 Å². The number of hydrogen-bond acceptors (Lipinski definition) is 3. The molecule has 4 nitrogen and oxygen atoms in total. The van der Waals surface area contributed by atoms with E-state index in [1.165, 1.54) is 24.3 Å². The van der Waals surface area contributed by atoms with E-state index < -0.39 is 0 Å². The lowest BCUT2D eigenvalue weighted by molar-refractivity contribution is 0.534. The Balaban J connectivity index is 0.00000400. The zero-order valence-corrected chi connectivity index (χ0v) is 16.8. The molecular formula is C15H29IN4S. The summed E-state index contributed by atoms with van der Waals surface area (Å²) >= 11 is 1.72. The first-order valence-corrected chi connectivity index (χ1v) is 8.41. The van der Waals surface area contributed by atoms with Gasteiger partial charge in [0, 0.05) is 19.0 Å². The lowest BCUT2D eigenvalue weighted by atomic mass is 10.1. The van der Waals surface area contributed by atoms with Crippen LogP contribution < -0.4 is 10.6 Å². The molecule has 0 aliphatic rings. The van der Waals surface area contributed by atoms with Crippen molar-refractivity contribution < 1.29 is 0 Å². The minimum atomic E-state index is 0. The van der Waals surface area contributed by atoms with Gasteiger partial charge in [0.15, 0.2) is 5.96 Å². The Labute approximate surface area is 150 Å². The highest BCUT2D eigenvalue weighted by molar-refractivity contribution is 14.0. The monoisotopic (exact) mass is 424 g/mol. The normalized spacial score (nSPS) is 11.4. The first-order chi connectivity index (χ1) is 9.65. The van der Waals surface area contributed by atoms with E-state index in [2.05, 4.69) is 46.8 Å². The molecule has 0 aromatic carbocycles. The zero-order valence-electron chi connectivity index (χ0n) is 13.6. The highest BCUT2D eigenvalue weighted by Gasteiger charge is 2.02. The van der Waals surface area contributed by atoms with Gasteiger partial charge in [0.1, 0.15) is 0 Å². The molecule has 0 aliphatic heterocycles. The Morgan fingerprint density at radius 3 is 2.67 bits per heavy atom. The third-order valence-electron chi connectivity index (χ3n) is 3.06. The molecule has 122 valence electrons. The van der Waals surface area contributed by atoms with E-state index in [0.717, 1.165) is 37.1 Å². The van der Waals surface area contributed by atoms with E-state index in [0.29, 0.717) is 0 Å². The van der Waals surface area contributed by atoms with Gasteiger partial charge in [-0.3, -0.25) is 4.99 Å². The number of aryl methyl sites for hydroxylation is 1. The molecule has 1 heterocycles. The van der Waals surface area contributed by atoms with Gasteiger partial charge in [-0.1, -0.05) is 33.6 Å². The van der Waals surface area contributed by atoms with Crippen LogP contribution in [0.2, 0.25) is 0 Å². The quantitative estimate of drug-likeness (QED) is 0.289. The summed E-state index contributed by atoms with van der Waals surface area (Å²) in [4.78, 5) is 8.77. The van der Waals surface area contributed by atoms with Crippen LogP contribution in [0.15, 0.2) is 10.4 Å². The van der Waals surface area contributed by atoms with Crippen LogP contribution >= 0.6 is 35.3 Å². The average Bonchev–Trinajstić information content (AvgIpc) is 2.89. The Kier molecular flexibility index (Phi) is 12.0. The fourth-order valence-corrected chi connectivity index (χ4v) is 2.62. The molecule has 0 saturated carbocycles. The summed E-state index contributed by atoms with van der Waals surface area (Å²) < 4.78 is 0. The van der Waals surface area contributed by atoms with Crippen molar-refractivity contribution in [2.24, 2.45) is 10.9 Å². The Morgan fingerprint density at radius 2 is 2.10 bits per heavy atom. The number of aromatic nitrogens is 1. The molecule has 0 saturated heterocycles. The van der Waals surface area contributed by atoms with Crippen molar-refractivity contribution in [2.45, 2.75) is 53.0 Å². The second-order valence-electron chi connectivity index (χ2n) is 5.33. The number of rotatable bonds is 8. The second-order valence-corrected chi connectivity index (χ2v) is 6.27. The smallest absolute Gasteiger partial charge is 0.191 e. The Morgan fingerprint density at radius 1 is 1.33 bits per heavy atom. The summed E-state index contributed by atoms with van der Waals surface area (Å²) in [6.07, 6.45) is 4.77. The van der Waals surface area contributed by atoms with Crippen molar-refractivity contribution in [3.8, 4) is 0 Å². The predicted molar refractivity (Wildman–Crippen MR) is 104 cm³/mol. The summed E-state index contributed by atoms with van der Waals surface area (Å²) in [5.41, 5.74) is 1.09. The Bertz CT molecular complexity index is 404. The van der Waals surface area contributed by atoms with E-state index in [4.69, 9.17) is 0 Å². The first-order valence-electron chi connectivity index (χ1n) is 7.53. The van der Waals surface area contributed by atoms with Gasteiger partial charge in [0.05, 0.1) is 17.2 Å². The second kappa shape index (κ2) is 12.2. The number of hydrogen-bond donors (Lipinski definition) is 2. The molecule has 0 atom stereocenters. The molecule has 2 N–H and O–H groups in total. The molecule has 1 aromatic heterocycles. The lowest BCUT2D eigenvalue weighted by Gasteiger charge is -2.11. The van der Waals surface area contributed by atoms with Crippen molar-refractivity contribution in [3.63, 3.8) is 0 Å². The first kappa shape index (κ1) is 20.6. The molecule has 0 aliphatic carbocycles. The minimum absolute atomic E-state index is 0. The average molecular weight is 424 g/mol. The van der Waals surface area contributed by atoms with Gasteiger partial charge in [-0.05, 0) is 18.8 Å².